The third kappa shape index (κ3) is 5.11. The number of carbonyl (C=O) groups is 3. The molecule has 0 spiro atoms. The maximum Gasteiger partial charge on any atom is 0.346 e. The number of aryl methyl sites for hydroxylation is 1. The third-order valence-corrected chi connectivity index (χ3v) is 9.99. The number of esters is 2. The highest BCUT2D eigenvalue weighted by molar-refractivity contribution is 9.10. The number of ether oxygens (including phenoxy) is 2. The first-order chi connectivity index (χ1) is 18.0. The van der Waals surface area contributed by atoms with Crippen LogP contribution in [0.1, 0.15) is 49.2 Å². The molecule has 2 aliphatic rings. The number of halogens is 1. The van der Waals surface area contributed by atoms with Crippen LogP contribution in [0.2, 0.25) is 0 Å². The van der Waals surface area contributed by atoms with Gasteiger partial charge in [0, 0.05) is 15.6 Å². The third-order valence-electron chi connectivity index (χ3n) is 6.03. The van der Waals surface area contributed by atoms with Crippen LogP contribution in [0.5, 0.6) is 0 Å². The van der Waals surface area contributed by atoms with Gasteiger partial charge in [-0.2, -0.15) is 0 Å². The SMILES string of the molecule is CCOC(=O)C1=C(C(=O)OCC)SC(=C2C(=S)C(C)(C)N(C(=O)c3ccccc3Br)c3cc(C)ccc32)S1. The Morgan fingerprint density at radius 3 is 2.11 bits per heavy atom. The molecule has 0 saturated carbocycles. The summed E-state index contributed by atoms with van der Waals surface area (Å²) in [7, 11) is 0. The van der Waals surface area contributed by atoms with Gasteiger partial charge in [0.15, 0.2) is 0 Å². The van der Waals surface area contributed by atoms with Crippen LogP contribution in [0.3, 0.4) is 0 Å². The lowest BCUT2D eigenvalue weighted by Gasteiger charge is -2.45. The fourth-order valence-corrected chi connectivity index (χ4v) is 7.69. The molecule has 1 amide bonds. The molecule has 2 heterocycles. The molecule has 2 aromatic rings. The minimum atomic E-state index is -0.900. The zero-order valence-corrected chi connectivity index (χ0v) is 25.6. The Labute approximate surface area is 244 Å². The predicted molar refractivity (Wildman–Crippen MR) is 161 cm³/mol. The molecule has 198 valence electrons. The number of carbonyl (C=O) groups excluding carboxylic acids is 3. The second-order valence-electron chi connectivity index (χ2n) is 8.99. The average molecular weight is 633 g/mol. The summed E-state index contributed by atoms with van der Waals surface area (Å²) >= 11 is 11.9. The van der Waals surface area contributed by atoms with E-state index in [-0.39, 0.29) is 28.9 Å². The van der Waals surface area contributed by atoms with E-state index in [2.05, 4.69) is 15.9 Å². The summed E-state index contributed by atoms with van der Waals surface area (Å²) in [5, 5.41) is 0. The molecule has 0 unspecified atom stereocenters. The van der Waals surface area contributed by atoms with Crippen LogP contribution in [0.15, 0.2) is 61.0 Å². The van der Waals surface area contributed by atoms with Crippen molar-refractivity contribution < 1.29 is 23.9 Å². The number of anilines is 1. The van der Waals surface area contributed by atoms with E-state index in [1.165, 1.54) is 0 Å². The van der Waals surface area contributed by atoms with Crippen LogP contribution in [0, 0.1) is 6.92 Å². The number of amides is 1. The molecular formula is C28H26BrNO5S3. The standard InChI is InChI=1S/C28H26BrNO5S3/c1-6-34-25(32)21-22(26(33)35-7-2)38-27(37-21)20-17-13-12-15(3)14-19(17)30(28(4,5)23(20)36)24(31)16-10-8-9-11-18(16)29/h8-14H,6-7H2,1-5H3. The predicted octanol–water partition coefficient (Wildman–Crippen LogP) is 7.05. The van der Waals surface area contributed by atoms with Gasteiger partial charge in [0.25, 0.3) is 5.91 Å². The first-order valence-electron chi connectivity index (χ1n) is 12.0. The highest BCUT2D eigenvalue weighted by Gasteiger charge is 2.46. The Morgan fingerprint density at radius 1 is 0.974 bits per heavy atom. The lowest BCUT2D eigenvalue weighted by Crippen LogP contribution is -2.56. The zero-order valence-electron chi connectivity index (χ0n) is 21.5. The quantitative estimate of drug-likeness (QED) is 0.197. The Bertz CT molecular complexity index is 1400. The molecule has 0 aromatic heterocycles. The molecule has 38 heavy (non-hydrogen) atoms. The van der Waals surface area contributed by atoms with Crippen LogP contribution in [-0.4, -0.2) is 41.5 Å². The van der Waals surface area contributed by atoms with Crippen LogP contribution >= 0.6 is 51.7 Å². The molecule has 0 atom stereocenters. The molecule has 0 fully saturated rings. The van der Waals surface area contributed by atoms with E-state index in [0.717, 1.165) is 34.7 Å². The summed E-state index contributed by atoms with van der Waals surface area (Å²) in [6, 6.07) is 13.1. The van der Waals surface area contributed by atoms with Gasteiger partial charge in [0.2, 0.25) is 0 Å². The number of fused-ring (bicyclic) bond motifs is 1. The first kappa shape index (κ1) is 28.6. The van der Waals surface area contributed by atoms with Gasteiger partial charge in [-0.3, -0.25) is 9.69 Å². The van der Waals surface area contributed by atoms with E-state index in [0.29, 0.717) is 30.4 Å². The van der Waals surface area contributed by atoms with E-state index in [4.69, 9.17) is 21.7 Å². The topological polar surface area (TPSA) is 72.9 Å². The number of rotatable bonds is 5. The number of hydrogen-bond donors (Lipinski definition) is 0. The molecule has 0 saturated heterocycles. The van der Waals surface area contributed by atoms with Gasteiger partial charge in [-0.1, -0.05) is 60.0 Å². The number of hydrogen-bond acceptors (Lipinski definition) is 8. The smallest absolute Gasteiger partial charge is 0.346 e. The minimum absolute atomic E-state index is 0.176. The average Bonchev–Trinajstić information content (AvgIpc) is 3.30. The van der Waals surface area contributed by atoms with Crippen molar-refractivity contribution >= 4 is 85.6 Å². The molecular weight excluding hydrogens is 606 g/mol. The molecule has 4 rings (SSSR count). The molecule has 0 N–H and O–H groups in total. The van der Waals surface area contributed by atoms with Gasteiger partial charge in [0.1, 0.15) is 9.81 Å². The van der Waals surface area contributed by atoms with Crippen molar-refractivity contribution in [3.63, 3.8) is 0 Å². The van der Waals surface area contributed by atoms with Crippen LogP contribution in [0.4, 0.5) is 5.69 Å². The van der Waals surface area contributed by atoms with Gasteiger partial charge in [0.05, 0.1) is 39.1 Å². The second kappa shape index (κ2) is 11.4. The maximum absolute atomic E-state index is 14.0. The van der Waals surface area contributed by atoms with Gasteiger partial charge >= 0.3 is 11.9 Å². The molecule has 0 radical (unpaired) electrons. The Morgan fingerprint density at radius 2 is 1.55 bits per heavy atom. The van der Waals surface area contributed by atoms with Crippen molar-refractivity contribution in [2.45, 2.75) is 40.2 Å². The van der Waals surface area contributed by atoms with E-state index in [1.54, 1.807) is 24.8 Å². The Kier molecular flexibility index (Phi) is 8.56. The molecule has 0 aliphatic carbocycles. The maximum atomic E-state index is 14.0. The number of benzene rings is 2. The van der Waals surface area contributed by atoms with Crippen molar-refractivity contribution in [1.82, 2.24) is 0 Å². The minimum Gasteiger partial charge on any atom is -0.462 e. The number of nitrogens with zero attached hydrogens (tertiary/aromatic N) is 1. The normalized spacial score (nSPS) is 16.5. The summed E-state index contributed by atoms with van der Waals surface area (Å²) < 4.78 is 11.8. The molecule has 10 heteroatoms. The summed E-state index contributed by atoms with van der Waals surface area (Å²) in [5.74, 6) is -1.36. The lowest BCUT2D eigenvalue weighted by atomic mass is 9.82. The van der Waals surface area contributed by atoms with Gasteiger partial charge < -0.3 is 9.47 Å². The van der Waals surface area contributed by atoms with Crippen LogP contribution in [-0.2, 0) is 19.1 Å². The monoisotopic (exact) mass is 631 g/mol. The lowest BCUT2D eigenvalue weighted by molar-refractivity contribution is -0.140. The highest BCUT2D eigenvalue weighted by atomic mass is 79.9. The van der Waals surface area contributed by atoms with Crippen LogP contribution in [0.25, 0.3) is 5.57 Å². The van der Waals surface area contributed by atoms with Gasteiger partial charge in [-0.05, 0) is 74.3 Å². The van der Waals surface area contributed by atoms with Crippen molar-refractivity contribution in [1.29, 1.82) is 0 Å². The van der Waals surface area contributed by atoms with Crippen molar-refractivity contribution in [2.24, 2.45) is 0 Å². The van der Waals surface area contributed by atoms with Crippen molar-refractivity contribution in [3.8, 4) is 0 Å². The fourth-order valence-electron chi connectivity index (χ4n) is 4.25. The van der Waals surface area contributed by atoms with E-state index in [1.807, 2.05) is 57.2 Å². The largest absolute Gasteiger partial charge is 0.462 e. The zero-order chi connectivity index (χ0) is 27.8. The Balaban J connectivity index is 1.90. The van der Waals surface area contributed by atoms with Crippen molar-refractivity contribution in [3.05, 3.63) is 77.7 Å². The molecule has 2 aliphatic heterocycles. The molecule has 6 nitrogen and oxygen atoms in total. The van der Waals surface area contributed by atoms with Gasteiger partial charge in [-0.25, -0.2) is 9.59 Å². The fraction of sp³-hybridized carbons (Fsp3) is 0.286. The summed E-state index contributed by atoms with van der Waals surface area (Å²) in [6.45, 7) is 9.56. The molecule has 0 bridgehead atoms. The molecule has 2 aromatic carbocycles. The van der Waals surface area contributed by atoms with E-state index in [9.17, 15) is 14.4 Å². The summed E-state index contributed by atoms with van der Waals surface area (Å²) in [5.41, 5.74) is 2.77. The summed E-state index contributed by atoms with van der Waals surface area (Å²) in [4.78, 5) is 42.2. The van der Waals surface area contributed by atoms with E-state index < -0.39 is 17.5 Å². The first-order valence-corrected chi connectivity index (χ1v) is 14.8. The van der Waals surface area contributed by atoms with Crippen LogP contribution < -0.4 is 4.90 Å². The van der Waals surface area contributed by atoms with Gasteiger partial charge in [-0.15, -0.1) is 0 Å². The number of thiocarbonyl (C=S) groups is 1. The highest BCUT2D eigenvalue weighted by Crippen LogP contribution is 2.56. The second-order valence-corrected chi connectivity index (χ2v) is 12.6. The van der Waals surface area contributed by atoms with E-state index >= 15 is 0 Å². The Hall–Kier alpha value is -2.40. The van der Waals surface area contributed by atoms with Crippen molar-refractivity contribution in [2.75, 3.05) is 18.1 Å². The summed E-state index contributed by atoms with van der Waals surface area (Å²) in [6.07, 6.45) is 0. The number of thioether (sulfide) groups is 2.